The molecule has 3 aromatic rings. The first kappa shape index (κ1) is 16.9. The van der Waals surface area contributed by atoms with E-state index in [9.17, 15) is 8.42 Å². The molecule has 0 fully saturated rings. The minimum atomic E-state index is -3.55. The summed E-state index contributed by atoms with van der Waals surface area (Å²) in [6.07, 6.45) is 0.379. The van der Waals surface area contributed by atoms with Crippen molar-refractivity contribution in [1.29, 1.82) is 5.26 Å². The lowest BCUT2D eigenvalue weighted by atomic mass is 10.0. The third-order valence-electron chi connectivity index (χ3n) is 4.12. The van der Waals surface area contributed by atoms with Crippen LogP contribution < -0.4 is 0 Å². The van der Waals surface area contributed by atoms with Crippen LogP contribution in [-0.2, 0) is 16.3 Å². The van der Waals surface area contributed by atoms with Gasteiger partial charge >= 0.3 is 0 Å². The monoisotopic (exact) mass is 347 g/mol. The molecule has 1 atom stereocenters. The summed E-state index contributed by atoms with van der Waals surface area (Å²) in [5.41, 5.74) is 2.15. The lowest BCUT2D eigenvalue weighted by Crippen LogP contribution is -2.16. The van der Waals surface area contributed by atoms with Crippen molar-refractivity contribution in [3.8, 4) is 6.07 Å². The van der Waals surface area contributed by atoms with Crippen LogP contribution in [0, 0.1) is 11.3 Å². The van der Waals surface area contributed by atoms with Gasteiger partial charge in [-0.15, -0.1) is 0 Å². The van der Waals surface area contributed by atoms with Gasteiger partial charge in [0.05, 0.1) is 21.8 Å². The van der Waals surface area contributed by atoms with E-state index in [0.29, 0.717) is 22.4 Å². The number of nitriles is 1. The predicted octanol–water partition coefficient (Wildman–Crippen LogP) is 4.32. The summed E-state index contributed by atoms with van der Waals surface area (Å²) in [5, 5.41) is 8.27. The SMILES string of the molecule is N#Cc1ccc(C(Cc2ccccc2)S(=O)(=O)c2ccccc2)cc1. The molecule has 0 heterocycles. The molecule has 0 N–H and O–H groups in total. The molecule has 0 saturated carbocycles. The summed E-state index contributed by atoms with van der Waals surface area (Å²) in [6.45, 7) is 0. The Bertz CT molecular complexity index is 974. The van der Waals surface area contributed by atoms with Crippen molar-refractivity contribution in [1.82, 2.24) is 0 Å². The van der Waals surface area contributed by atoms with Gasteiger partial charge in [0.2, 0.25) is 0 Å². The number of hydrogen-bond donors (Lipinski definition) is 0. The van der Waals surface area contributed by atoms with Crippen molar-refractivity contribution in [3.05, 3.63) is 102 Å². The molecular weight excluding hydrogens is 330 g/mol. The summed E-state index contributed by atoms with van der Waals surface area (Å²) in [5.74, 6) is 0. The zero-order chi connectivity index (χ0) is 17.7. The molecule has 3 rings (SSSR count). The molecule has 1 unspecified atom stereocenters. The summed E-state index contributed by atoms with van der Waals surface area (Å²) >= 11 is 0. The molecule has 0 aromatic heterocycles. The summed E-state index contributed by atoms with van der Waals surface area (Å²) in [6, 6.07) is 26.9. The minimum absolute atomic E-state index is 0.306. The van der Waals surface area contributed by atoms with Crippen LogP contribution in [0.15, 0.2) is 89.8 Å². The van der Waals surface area contributed by atoms with Gasteiger partial charge in [-0.3, -0.25) is 0 Å². The van der Waals surface area contributed by atoms with Gasteiger partial charge in [-0.1, -0.05) is 60.7 Å². The lowest BCUT2D eigenvalue weighted by molar-refractivity contribution is 0.581. The Kier molecular flexibility index (Phi) is 4.97. The molecule has 0 spiro atoms. The van der Waals surface area contributed by atoms with Gasteiger partial charge in [0, 0.05) is 0 Å². The van der Waals surface area contributed by atoms with E-state index < -0.39 is 15.1 Å². The second kappa shape index (κ2) is 7.33. The fourth-order valence-corrected chi connectivity index (χ4v) is 4.57. The first-order chi connectivity index (χ1) is 12.1. The Hall–Kier alpha value is -2.90. The number of nitrogens with zero attached hydrogens (tertiary/aromatic N) is 1. The lowest BCUT2D eigenvalue weighted by Gasteiger charge is -2.19. The van der Waals surface area contributed by atoms with Gasteiger partial charge in [0.1, 0.15) is 0 Å². The first-order valence-electron chi connectivity index (χ1n) is 7.94. The summed E-state index contributed by atoms with van der Waals surface area (Å²) in [7, 11) is -3.55. The molecule has 0 radical (unpaired) electrons. The second-order valence-electron chi connectivity index (χ2n) is 5.77. The minimum Gasteiger partial charge on any atom is -0.223 e. The van der Waals surface area contributed by atoms with Crippen LogP contribution in [0.3, 0.4) is 0 Å². The fraction of sp³-hybridized carbons (Fsp3) is 0.0952. The quantitative estimate of drug-likeness (QED) is 0.691. The van der Waals surface area contributed by atoms with Gasteiger partial charge in [-0.05, 0) is 41.8 Å². The Morgan fingerprint density at radius 1 is 0.800 bits per heavy atom. The number of benzene rings is 3. The van der Waals surface area contributed by atoms with E-state index in [0.717, 1.165) is 5.56 Å². The summed E-state index contributed by atoms with van der Waals surface area (Å²) in [4.78, 5) is 0.306. The fourth-order valence-electron chi connectivity index (χ4n) is 2.78. The van der Waals surface area contributed by atoms with Crippen molar-refractivity contribution >= 4 is 9.84 Å². The maximum atomic E-state index is 13.2. The molecule has 0 saturated heterocycles. The third-order valence-corrected chi connectivity index (χ3v) is 6.24. The van der Waals surface area contributed by atoms with Crippen LogP contribution in [0.2, 0.25) is 0 Å². The van der Waals surface area contributed by atoms with Crippen LogP contribution in [0.25, 0.3) is 0 Å². The van der Waals surface area contributed by atoms with E-state index in [1.54, 1.807) is 54.6 Å². The van der Waals surface area contributed by atoms with Crippen molar-refractivity contribution in [2.45, 2.75) is 16.6 Å². The Labute approximate surface area is 148 Å². The van der Waals surface area contributed by atoms with E-state index in [2.05, 4.69) is 6.07 Å². The van der Waals surface area contributed by atoms with Gasteiger partial charge < -0.3 is 0 Å². The Morgan fingerprint density at radius 3 is 1.92 bits per heavy atom. The molecule has 25 heavy (non-hydrogen) atoms. The Balaban J connectivity index is 2.06. The van der Waals surface area contributed by atoms with Crippen LogP contribution in [0.1, 0.15) is 21.9 Å². The molecule has 0 aliphatic rings. The maximum absolute atomic E-state index is 13.2. The first-order valence-corrected chi connectivity index (χ1v) is 9.49. The largest absolute Gasteiger partial charge is 0.223 e. The highest BCUT2D eigenvalue weighted by atomic mass is 32.2. The van der Waals surface area contributed by atoms with E-state index in [4.69, 9.17) is 5.26 Å². The van der Waals surface area contributed by atoms with E-state index in [1.165, 1.54) is 0 Å². The van der Waals surface area contributed by atoms with Gasteiger partial charge in [-0.25, -0.2) is 8.42 Å². The van der Waals surface area contributed by atoms with Crippen LogP contribution in [0.4, 0.5) is 0 Å². The zero-order valence-electron chi connectivity index (χ0n) is 13.5. The van der Waals surface area contributed by atoms with E-state index in [-0.39, 0.29) is 0 Å². The van der Waals surface area contributed by atoms with Crippen LogP contribution >= 0.6 is 0 Å². The number of rotatable bonds is 5. The molecule has 4 heteroatoms. The maximum Gasteiger partial charge on any atom is 0.185 e. The molecule has 0 amide bonds. The van der Waals surface area contributed by atoms with Gasteiger partial charge in [-0.2, -0.15) is 5.26 Å². The molecule has 0 aliphatic heterocycles. The highest BCUT2D eigenvalue weighted by Gasteiger charge is 2.29. The smallest absolute Gasteiger partial charge is 0.185 e. The standard InChI is InChI=1S/C21H17NO2S/c22-16-18-11-13-19(14-12-18)21(15-17-7-3-1-4-8-17)25(23,24)20-9-5-2-6-10-20/h1-14,21H,15H2. The second-order valence-corrected chi connectivity index (χ2v) is 7.90. The topological polar surface area (TPSA) is 57.9 Å². The number of hydrogen-bond acceptors (Lipinski definition) is 3. The zero-order valence-corrected chi connectivity index (χ0v) is 14.4. The normalized spacial score (nSPS) is 12.3. The van der Waals surface area contributed by atoms with Crippen molar-refractivity contribution in [2.24, 2.45) is 0 Å². The number of sulfone groups is 1. The van der Waals surface area contributed by atoms with Crippen LogP contribution in [0.5, 0.6) is 0 Å². The van der Waals surface area contributed by atoms with Crippen molar-refractivity contribution in [3.63, 3.8) is 0 Å². The van der Waals surface area contributed by atoms with E-state index in [1.807, 2.05) is 30.3 Å². The summed E-state index contributed by atoms with van der Waals surface area (Å²) < 4.78 is 26.5. The van der Waals surface area contributed by atoms with Crippen molar-refractivity contribution < 1.29 is 8.42 Å². The molecular formula is C21H17NO2S. The third kappa shape index (κ3) is 3.78. The van der Waals surface area contributed by atoms with Gasteiger partial charge in [0.15, 0.2) is 9.84 Å². The molecule has 3 aromatic carbocycles. The molecule has 124 valence electrons. The molecule has 3 nitrogen and oxygen atoms in total. The highest BCUT2D eigenvalue weighted by molar-refractivity contribution is 7.91. The molecule has 0 aliphatic carbocycles. The van der Waals surface area contributed by atoms with E-state index >= 15 is 0 Å². The predicted molar refractivity (Wildman–Crippen MR) is 97.7 cm³/mol. The Morgan fingerprint density at radius 2 is 1.36 bits per heavy atom. The van der Waals surface area contributed by atoms with Crippen molar-refractivity contribution in [2.75, 3.05) is 0 Å². The van der Waals surface area contributed by atoms with Crippen LogP contribution in [-0.4, -0.2) is 8.42 Å². The highest BCUT2D eigenvalue weighted by Crippen LogP contribution is 2.32. The molecule has 0 bridgehead atoms. The average molecular weight is 347 g/mol. The average Bonchev–Trinajstić information content (AvgIpc) is 2.67. The van der Waals surface area contributed by atoms with Gasteiger partial charge in [0.25, 0.3) is 0 Å².